The van der Waals surface area contributed by atoms with Crippen molar-refractivity contribution in [3.05, 3.63) is 78.0 Å². The van der Waals surface area contributed by atoms with Gasteiger partial charge in [0.05, 0.1) is 11.8 Å². The highest BCUT2D eigenvalue weighted by Crippen LogP contribution is 2.33. The molecule has 0 bridgehead atoms. The number of nitrogens with zero attached hydrogens (tertiary/aromatic N) is 1. The Morgan fingerprint density at radius 1 is 0.864 bits per heavy atom. The summed E-state index contributed by atoms with van der Waals surface area (Å²) in [6, 6.07) is 21.8. The summed E-state index contributed by atoms with van der Waals surface area (Å²) in [7, 11) is 0. The van der Waals surface area contributed by atoms with E-state index in [2.05, 4.69) is 12.1 Å². The zero-order valence-corrected chi connectivity index (χ0v) is 12.4. The smallest absolute Gasteiger partial charge is 0.152 e. The van der Waals surface area contributed by atoms with Crippen LogP contribution in [0, 0.1) is 0 Å². The van der Waals surface area contributed by atoms with Crippen molar-refractivity contribution in [1.82, 2.24) is 4.98 Å². The number of furan rings is 1. The second kappa shape index (κ2) is 5.32. The van der Waals surface area contributed by atoms with Crippen LogP contribution < -0.4 is 0 Å². The molecule has 0 unspecified atom stereocenters. The molecule has 0 fully saturated rings. The van der Waals surface area contributed by atoms with Crippen molar-refractivity contribution in [3.63, 3.8) is 0 Å². The fraction of sp³-hybridized carbons (Fsp3) is 0. The van der Waals surface area contributed by atoms with Gasteiger partial charge in [-0.25, -0.2) is 4.98 Å². The van der Waals surface area contributed by atoms with Crippen molar-refractivity contribution in [3.8, 4) is 22.6 Å². The van der Waals surface area contributed by atoms with E-state index in [9.17, 15) is 0 Å². The number of rotatable bonds is 2. The number of halogens is 1. The fourth-order valence-corrected chi connectivity index (χ4v) is 2.78. The molecule has 0 saturated carbocycles. The van der Waals surface area contributed by atoms with Crippen LogP contribution >= 0.6 is 11.6 Å². The molecule has 0 atom stereocenters. The molecule has 2 heterocycles. The van der Waals surface area contributed by atoms with Crippen LogP contribution in [-0.4, -0.2) is 4.98 Å². The first-order chi connectivity index (χ1) is 10.8. The van der Waals surface area contributed by atoms with Gasteiger partial charge in [-0.1, -0.05) is 41.9 Å². The minimum absolute atomic E-state index is 0.706. The largest absolute Gasteiger partial charge is 0.463 e. The van der Waals surface area contributed by atoms with Gasteiger partial charge in [0.2, 0.25) is 0 Å². The Morgan fingerprint density at radius 2 is 1.73 bits per heavy atom. The van der Waals surface area contributed by atoms with Crippen LogP contribution in [0.2, 0.25) is 5.02 Å². The molecule has 0 amide bonds. The number of hydrogen-bond donors (Lipinski definition) is 0. The van der Waals surface area contributed by atoms with Gasteiger partial charge in [-0.2, -0.15) is 0 Å². The van der Waals surface area contributed by atoms with Crippen molar-refractivity contribution in [2.24, 2.45) is 0 Å². The molecule has 0 aliphatic carbocycles. The van der Waals surface area contributed by atoms with E-state index in [1.54, 1.807) is 6.26 Å². The van der Waals surface area contributed by atoms with Crippen LogP contribution in [0.15, 0.2) is 77.4 Å². The lowest BCUT2D eigenvalue weighted by Gasteiger charge is -2.09. The zero-order chi connectivity index (χ0) is 14.9. The predicted octanol–water partition coefficient (Wildman–Crippen LogP) is 5.82. The molecule has 2 aromatic carbocycles. The Morgan fingerprint density at radius 3 is 2.50 bits per heavy atom. The molecule has 22 heavy (non-hydrogen) atoms. The Balaban J connectivity index is 2.05. The third-order valence-corrected chi connectivity index (χ3v) is 3.86. The third-order valence-electron chi connectivity index (χ3n) is 3.63. The third kappa shape index (κ3) is 2.28. The predicted molar refractivity (Wildman–Crippen MR) is 89.9 cm³/mol. The van der Waals surface area contributed by atoms with E-state index >= 15 is 0 Å². The van der Waals surface area contributed by atoms with Crippen LogP contribution in [0.1, 0.15) is 0 Å². The summed E-state index contributed by atoms with van der Waals surface area (Å²) in [5, 5.41) is 1.74. The average molecular weight is 306 g/mol. The summed E-state index contributed by atoms with van der Waals surface area (Å²) in [5.41, 5.74) is 3.94. The van der Waals surface area contributed by atoms with E-state index in [1.165, 1.54) is 0 Å². The van der Waals surface area contributed by atoms with E-state index in [1.807, 2.05) is 54.6 Å². The quantitative estimate of drug-likeness (QED) is 0.466. The normalized spacial score (nSPS) is 11.0. The molecule has 3 heteroatoms. The minimum atomic E-state index is 0.706. The molecular formula is C19H12ClNO. The molecule has 2 aromatic heterocycles. The van der Waals surface area contributed by atoms with Crippen molar-refractivity contribution in [1.29, 1.82) is 0 Å². The first-order valence-corrected chi connectivity index (χ1v) is 7.39. The average Bonchev–Trinajstić information content (AvgIpc) is 3.09. The lowest BCUT2D eigenvalue weighted by atomic mass is 10.00. The van der Waals surface area contributed by atoms with Crippen molar-refractivity contribution in [2.45, 2.75) is 0 Å². The molecule has 0 N–H and O–H groups in total. The SMILES string of the molecule is Clc1ccc2nc(-c3ccco3)cc(-c3ccccc3)c2c1. The first-order valence-electron chi connectivity index (χ1n) is 7.01. The van der Waals surface area contributed by atoms with Gasteiger partial charge in [-0.3, -0.25) is 0 Å². The van der Waals surface area contributed by atoms with Gasteiger partial charge in [0.15, 0.2) is 5.76 Å². The lowest BCUT2D eigenvalue weighted by molar-refractivity contribution is 0.580. The van der Waals surface area contributed by atoms with Gasteiger partial charge in [-0.15, -0.1) is 0 Å². The second-order valence-corrected chi connectivity index (χ2v) is 5.50. The van der Waals surface area contributed by atoms with Gasteiger partial charge in [-0.05, 0) is 47.5 Å². The summed E-state index contributed by atoms with van der Waals surface area (Å²) in [4.78, 5) is 4.69. The van der Waals surface area contributed by atoms with Crippen molar-refractivity contribution in [2.75, 3.05) is 0 Å². The molecule has 0 aliphatic heterocycles. The number of aromatic nitrogens is 1. The Hall–Kier alpha value is -2.58. The molecule has 0 radical (unpaired) electrons. The second-order valence-electron chi connectivity index (χ2n) is 5.06. The van der Waals surface area contributed by atoms with Crippen LogP contribution in [0.4, 0.5) is 0 Å². The van der Waals surface area contributed by atoms with Crippen molar-refractivity contribution >= 4 is 22.5 Å². The Kier molecular flexibility index (Phi) is 3.17. The highest BCUT2D eigenvalue weighted by Gasteiger charge is 2.11. The van der Waals surface area contributed by atoms with Crippen LogP contribution in [0.3, 0.4) is 0 Å². The number of hydrogen-bond acceptors (Lipinski definition) is 2. The molecule has 0 saturated heterocycles. The molecule has 2 nitrogen and oxygen atoms in total. The van der Waals surface area contributed by atoms with Gasteiger partial charge in [0.1, 0.15) is 5.69 Å². The molecule has 4 rings (SSSR count). The summed E-state index contributed by atoms with van der Waals surface area (Å²) in [6.07, 6.45) is 1.66. The number of benzene rings is 2. The zero-order valence-electron chi connectivity index (χ0n) is 11.7. The molecule has 4 aromatic rings. The van der Waals surface area contributed by atoms with Crippen LogP contribution in [0.25, 0.3) is 33.5 Å². The molecule has 0 spiro atoms. The first kappa shape index (κ1) is 13.1. The molecular weight excluding hydrogens is 294 g/mol. The maximum Gasteiger partial charge on any atom is 0.152 e. The van der Waals surface area contributed by atoms with Crippen LogP contribution in [0.5, 0.6) is 0 Å². The van der Waals surface area contributed by atoms with E-state index in [-0.39, 0.29) is 0 Å². The summed E-state index contributed by atoms with van der Waals surface area (Å²) >= 11 is 6.17. The summed E-state index contributed by atoms with van der Waals surface area (Å²) in [6.45, 7) is 0. The Labute approximate surface area is 133 Å². The van der Waals surface area contributed by atoms with Crippen LogP contribution in [-0.2, 0) is 0 Å². The van der Waals surface area contributed by atoms with E-state index < -0.39 is 0 Å². The topological polar surface area (TPSA) is 26.0 Å². The minimum Gasteiger partial charge on any atom is -0.463 e. The van der Waals surface area contributed by atoms with Gasteiger partial charge < -0.3 is 4.42 Å². The fourth-order valence-electron chi connectivity index (χ4n) is 2.61. The monoisotopic (exact) mass is 305 g/mol. The van der Waals surface area contributed by atoms with E-state index in [0.29, 0.717) is 5.02 Å². The maximum absolute atomic E-state index is 6.17. The summed E-state index contributed by atoms with van der Waals surface area (Å²) < 4.78 is 5.49. The highest BCUT2D eigenvalue weighted by atomic mass is 35.5. The molecule has 106 valence electrons. The number of fused-ring (bicyclic) bond motifs is 1. The van der Waals surface area contributed by atoms with E-state index in [0.717, 1.165) is 33.5 Å². The standard InChI is InChI=1S/C19H12ClNO/c20-14-8-9-17-16(11-14)15(13-5-2-1-3-6-13)12-18(21-17)19-7-4-10-22-19/h1-12H. The Bertz CT molecular complexity index is 930. The van der Waals surface area contributed by atoms with Gasteiger partial charge in [0.25, 0.3) is 0 Å². The lowest BCUT2D eigenvalue weighted by Crippen LogP contribution is -1.89. The van der Waals surface area contributed by atoms with E-state index in [4.69, 9.17) is 21.0 Å². The highest BCUT2D eigenvalue weighted by molar-refractivity contribution is 6.31. The number of pyridine rings is 1. The summed E-state index contributed by atoms with van der Waals surface area (Å²) in [5.74, 6) is 0.758. The van der Waals surface area contributed by atoms with Gasteiger partial charge >= 0.3 is 0 Å². The van der Waals surface area contributed by atoms with Gasteiger partial charge in [0, 0.05) is 10.4 Å². The molecule has 0 aliphatic rings. The maximum atomic E-state index is 6.17. The van der Waals surface area contributed by atoms with Crippen molar-refractivity contribution < 1.29 is 4.42 Å².